The van der Waals surface area contributed by atoms with Crippen LogP contribution in [0, 0.1) is 18.2 Å². The molecule has 0 radical (unpaired) electrons. The zero-order valence-electron chi connectivity index (χ0n) is 10.3. The zero-order valence-corrected chi connectivity index (χ0v) is 10.3. The van der Waals surface area contributed by atoms with Crippen molar-refractivity contribution in [3.05, 3.63) is 17.8 Å². The van der Waals surface area contributed by atoms with E-state index >= 15 is 0 Å². The SMILES string of the molecule is Cc1ncnc(N(C)CC(C)(C)CN)c1F. The van der Waals surface area contributed by atoms with Gasteiger partial charge in [-0.05, 0) is 18.9 Å². The quantitative estimate of drug-likeness (QED) is 0.842. The lowest BCUT2D eigenvalue weighted by Gasteiger charge is -2.29. The summed E-state index contributed by atoms with van der Waals surface area (Å²) in [4.78, 5) is 9.53. The third kappa shape index (κ3) is 2.88. The summed E-state index contributed by atoms with van der Waals surface area (Å²) in [7, 11) is 1.81. The summed E-state index contributed by atoms with van der Waals surface area (Å²) in [6.45, 7) is 6.90. The first-order chi connectivity index (χ1) is 7.37. The van der Waals surface area contributed by atoms with E-state index in [1.165, 1.54) is 6.33 Å². The largest absolute Gasteiger partial charge is 0.357 e. The van der Waals surface area contributed by atoms with Gasteiger partial charge in [0.1, 0.15) is 6.33 Å². The average molecular weight is 226 g/mol. The lowest BCUT2D eigenvalue weighted by atomic mass is 9.93. The molecule has 0 amide bonds. The molecule has 0 aromatic carbocycles. The summed E-state index contributed by atoms with van der Waals surface area (Å²) in [5.74, 6) is -0.0353. The Kier molecular flexibility index (Phi) is 3.80. The smallest absolute Gasteiger partial charge is 0.186 e. The first-order valence-corrected chi connectivity index (χ1v) is 5.25. The van der Waals surface area contributed by atoms with E-state index in [0.717, 1.165) is 0 Å². The van der Waals surface area contributed by atoms with E-state index in [4.69, 9.17) is 5.73 Å². The molecule has 0 bridgehead atoms. The second kappa shape index (κ2) is 4.74. The molecular formula is C11H19FN4. The molecule has 0 saturated carbocycles. The van der Waals surface area contributed by atoms with Gasteiger partial charge in [-0.25, -0.2) is 14.4 Å². The molecule has 2 N–H and O–H groups in total. The Labute approximate surface area is 95.7 Å². The molecule has 0 unspecified atom stereocenters. The van der Waals surface area contributed by atoms with Crippen LogP contribution in [0.25, 0.3) is 0 Å². The topological polar surface area (TPSA) is 55.0 Å². The molecule has 0 aliphatic rings. The predicted octanol–water partition coefficient (Wildman–Crippen LogP) is 1.35. The lowest BCUT2D eigenvalue weighted by molar-refractivity contribution is 0.382. The van der Waals surface area contributed by atoms with Crippen molar-refractivity contribution in [2.75, 3.05) is 25.0 Å². The maximum absolute atomic E-state index is 13.7. The van der Waals surface area contributed by atoms with E-state index < -0.39 is 0 Å². The number of hydrogen-bond donors (Lipinski definition) is 1. The number of aromatic nitrogens is 2. The molecule has 1 aromatic heterocycles. The van der Waals surface area contributed by atoms with Crippen LogP contribution in [-0.4, -0.2) is 30.1 Å². The van der Waals surface area contributed by atoms with Crippen LogP contribution in [-0.2, 0) is 0 Å². The monoisotopic (exact) mass is 226 g/mol. The van der Waals surface area contributed by atoms with Crippen molar-refractivity contribution >= 4 is 5.82 Å². The molecule has 16 heavy (non-hydrogen) atoms. The average Bonchev–Trinajstić information content (AvgIpc) is 2.21. The summed E-state index contributed by atoms with van der Waals surface area (Å²) in [5.41, 5.74) is 5.94. The van der Waals surface area contributed by atoms with Gasteiger partial charge < -0.3 is 10.6 Å². The van der Waals surface area contributed by atoms with Gasteiger partial charge in [0.15, 0.2) is 11.6 Å². The van der Waals surface area contributed by atoms with E-state index in [0.29, 0.717) is 24.6 Å². The Morgan fingerprint density at radius 1 is 1.44 bits per heavy atom. The minimum absolute atomic E-state index is 0.0694. The van der Waals surface area contributed by atoms with E-state index in [2.05, 4.69) is 9.97 Å². The zero-order chi connectivity index (χ0) is 12.3. The number of aryl methyl sites for hydroxylation is 1. The highest BCUT2D eigenvalue weighted by Crippen LogP contribution is 2.21. The summed E-state index contributed by atoms with van der Waals surface area (Å²) in [6, 6.07) is 0. The number of nitrogens with two attached hydrogens (primary N) is 1. The van der Waals surface area contributed by atoms with Gasteiger partial charge in [-0.15, -0.1) is 0 Å². The molecule has 0 atom stereocenters. The van der Waals surface area contributed by atoms with Gasteiger partial charge in [-0.3, -0.25) is 0 Å². The third-order valence-corrected chi connectivity index (χ3v) is 2.52. The highest BCUT2D eigenvalue weighted by atomic mass is 19.1. The van der Waals surface area contributed by atoms with Crippen molar-refractivity contribution in [1.29, 1.82) is 0 Å². The first-order valence-electron chi connectivity index (χ1n) is 5.25. The normalized spacial score (nSPS) is 11.6. The number of rotatable bonds is 4. The van der Waals surface area contributed by atoms with Gasteiger partial charge in [0.25, 0.3) is 0 Å². The molecule has 5 heteroatoms. The van der Waals surface area contributed by atoms with Crippen molar-refractivity contribution in [3.8, 4) is 0 Å². The minimum atomic E-state index is -0.363. The van der Waals surface area contributed by atoms with Gasteiger partial charge in [0.2, 0.25) is 0 Å². The van der Waals surface area contributed by atoms with Crippen LogP contribution in [0.15, 0.2) is 6.33 Å². The van der Waals surface area contributed by atoms with Gasteiger partial charge in [0, 0.05) is 13.6 Å². The van der Waals surface area contributed by atoms with Crippen molar-refractivity contribution in [3.63, 3.8) is 0 Å². The molecule has 0 saturated heterocycles. The minimum Gasteiger partial charge on any atom is -0.357 e. The van der Waals surface area contributed by atoms with E-state index in [-0.39, 0.29) is 11.2 Å². The number of anilines is 1. The molecule has 0 aliphatic carbocycles. The summed E-state index contributed by atoms with van der Waals surface area (Å²) < 4.78 is 13.7. The molecule has 1 rings (SSSR count). The van der Waals surface area contributed by atoms with Crippen molar-refractivity contribution in [1.82, 2.24) is 9.97 Å². The predicted molar refractivity (Wildman–Crippen MR) is 62.8 cm³/mol. The van der Waals surface area contributed by atoms with Gasteiger partial charge >= 0.3 is 0 Å². The molecule has 0 aliphatic heterocycles. The third-order valence-electron chi connectivity index (χ3n) is 2.52. The first kappa shape index (κ1) is 12.8. The molecule has 0 spiro atoms. The second-order valence-corrected chi connectivity index (χ2v) is 4.82. The Balaban J connectivity index is 2.89. The number of nitrogens with zero attached hydrogens (tertiary/aromatic N) is 3. The maximum atomic E-state index is 13.7. The second-order valence-electron chi connectivity index (χ2n) is 4.82. The highest BCUT2D eigenvalue weighted by molar-refractivity contribution is 5.39. The van der Waals surface area contributed by atoms with Crippen LogP contribution in [0.4, 0.5) is 10.2 Å². The Bertz CT molecular complexity index is 365. The molecule has 4 nitrogen and oxygen atoms in total. The Hall–Kier alpha value is -1.23. The molecule has 1 heterocycles. The van der Waals surface area contributed by atoms with Crippen molar-refractivity contribution in [2.45, 2.75) is 20.8 Å². The van der Waals surface area contributed by atoms with Gasteiger partial charge in [-0.2, -0.15) is 0 Å². The Morgan fingerprint density at radius 2 is 2.06 bits per heavy atom. The number of hydrogen-bond acceptors (Lipinski definition) is 4. The maximum Gasteiger partial charge on any atom is 0.186 e. The molecule has 1 aromatic rings. The molecular weight excluding hydrogens is 207 g/mol. The van der Waals surface area contributed by atoms with Crippen molar-refractivity contribution in [2.24, 2.45) is 11.1 Å². The lowest BCUT2D eigenvalue weighted by Crippen LogP contribution is -2.37. The summed E-state index contributed by atoms with van der Waals surface area (Å²) >= 11 is 0. The van der Waals surface area contributed by atoms with E-state index in [1.54, 1.807) is 11.8 Å². The fourth-order valence-corrected chi connectivity index (χ4v) is 1.49. The number of halogens is 1. The Morgan fingerprint density at radius 3 is 2.62 bits per heavy atom. The van der Waals surface area contributed by atoms with Crippen LogP contribution in [0.3, 0.4) is 0 Å². The van der Waals surface area contributed by atoms with Crippen LogP contribution >= 0.6 is 0 Å². The molecule has 90 valence electrons. The van der Waals surface area contributed by atoms with E-state index in [1.807, 2.05) is 20.9 Å². The van der Waals surface area contributed by atoms with Crippen LogP contribution in [0.2, 0.25) is 0 Å². The van der Waals surface area contributed by atoms with E-state index in [9.17, 15) is 4.39 Å². The fraction of sp³-hybridized carbons (Fsp3) is 0.636. The highest BCUT2D eigenvalue weighted by Gasteiger charge is 2.21. The standard InChI is InChI=1S/C11H19FN4/c1-8-9(12)10(15-7-14-8)16(4)6-11(2,3)5-13/h7H,5-6,13H2,1-4H3. The van der Waals surface area contributed by atoms with Crippen LogP contribution in [0.1, 0.15) is 19.5 Å². The fourth-order valence-electron chi connectivity index (χ4n) is 1.49. The molecule has 0 fully saturated rings. The summed E-state index contributed by atoms with van der Waals surface area (Å²) in [6.07, 6.45) is 1.37. The van der Waals surface area contributed by atoms with Crippen molar-refractivity contribution < 1.29 is 4.39 Å². The van der Waals surface area contributed by atoms with Gasteiger partial charge in [-0.1, -0.05) is 13.8 Å². The van der Waals surface area contributed by atoms with Crippen LogP contribution in [0.5, 0.6) is 0 Å². The van der Waals surface area contributed by atoms with Crippen LogP contribution < -0.4 is 10.6 Å². The summed E-state index contributed by atoms with van der Waals surface area (Å²) in [5, 5.41) is 0. The van der Waals surface area contributed by atoms with Gasteiger partial charge in [0.05, 0.1) is 5.69 Å².